The number of nitrogens with zero attached hydrogens (tertiary/aromatic N) is 2. The van der Waals surface area contributed by atoms with Gasteiger partial charge < -0.3 is 10.6 Å². The van der Waals surface area contributed by atoms with Crippen molar-refractivity contribution in [2.24, 2.45) is 11.8 Å². The van der Waals surface area contributed by atoms with E-state index in [-0.39, 0.29) is 0 Å². The summed E-state index contributed by atoms with van der Waals surface area (Å²) in [6.45, 7) is 5.52. The first-order valence-electron chi connectivity index (χ1n) is 9.29. The number of hydrogen-bond donors (Lipinski definition) is 2. The molecule has 2 unspecified atom stereocenters. The largest absolute Gasteiger partial charge is 0.372 e. The molecule has 2 heterocycles. The van der Waals surface area contributed by atoms with E-state index in [1.54, 1.807) is 0 Å². The van der Waals surface area contributed by atoms with Crippen LogP contribution in [-0.2, 0) is 0 Å². The highest BCUT2D eigenvalue weighted by Gasteiger charge is 2.20. The van der Waals surface area contributed by atoms with Crippen LogP contribution < -0.4 is 10.6 Å². The Morgan fingerprint density at radius 1 is 1.04 bits per heavy atom. The number of allylic oxidation sites excluding steroid dienone is 1. The lowest BCUT2D eigenvalue weighted by Crippen LogP contribution is -2.33. The molecule has 0 saturated carbocycles. The molecule has 0 spiro atoms. The predicted molar refractivity (Wildman–Crippen MR) is 108 cm³/mol. The molecule has 0 bridgehead atoms. The Balaban J connectivity index is 1.76. The number of hydrogen-bond acceptors (Lipinski definition) is 4. The van der Waals surface area contributed by atoms with E-state index in [9.17, 15) is 0 Å². The van der Waals surface area contributed by atoms with Crippen LogP contribution >= 0.6 is 0 Å². The van der Waals surface area contributed by atoms with Crippen molar-refractivity contribution in [1.29, 1.82) is 0 Å². The number of aromatic nitrogens is 2. The van der Waals surface area contributed by atoms with Gasteiger partial charge >= 0.3 is 0 Å². The number of nitrogens with one attached hydrogen (secondary N) is 2. The minimum Gasteiger partial charge on any atom is -0.372 e. The molecular weight excluding hydrogens is 320 g/mol. The average molecular weight is 344 g/mol. The molecule has 1 aliphatic rings. The number of benzene rings is 2. The van der Waals surface area contributed by atoms with Gasteiger partial charge in [-0.2, -0.15) is 0 Å². The van der Waals surface area contributed by atoms with Crippen LogP contribution in [0.3, 0.4) is 0 Å². The van der Waals surface area contributed by atoms with Crippen molar-refractivity contribution < 1.29 is 0 Å². The maximum absolute atomic E-state index is 4.83. The summed E-state index contributed by atoms with van der Waals surface area (Å²) >= 11 is 0. The summed E-state index contributed by atoms with van der Waals surface area (Å²) in [4.78, 5) is 9.58. The van der Waals surface area contributed by atoms with Gasteiger partial charge in [0.15, 0.2) is 5.82 Å². The summed E-state index contributed by atoms with van der Waals surface area (Å²) in [5.74, 6) is 3.85. The van der Waals surface area contributed by atoms with E-state index in [2.05, 4.69) is 36.6 Å². The average Bonchev–Trinajstić information content (AvgIpc) is 2.70. The molecule has 0 amide bonds. The van der Waals surface area contributed by atoms with Crippen LogP contribution in [0.25, 0.3) is 22.3 Å². The Labute approximate surface area is 154 Å². The fourth-order valence-electron chi connectivity index (χ4n) is 3.48. The summed E-state index contributed by atoms with van der Waals surface area (Å²) in [5, 5.41) is 8.04. The lowest BCUT2D eigenvalue weighted by molar-refractivity contribution is 0.381. The van der Waals surface area contributed by atoms with Crippen LogP contribution in [0.4, 0.5) is 5.82 Å². The molecule has 2 aromatic carbocycles. The highest BCUT2D eigenvalue weighted by molar-refractivity contribution is 5.91. The van der Waals surface area contributed by atoms with Crippen LogP contribution in [0.1, 0.15) is 20.3 Å². The fraction of sp³-hybridized carbons (Fsp3) is 0.273. The minimum absolute atomic E-state index is 0.584. The fourth-order valence-corrected chi connectivity index (χ4v) is 3.48. The Bertz CT molecular complexity index is 933. The molecule has 0 aliphatic carbocycles. The van der Waals surface area contributed by atoms with Crippen molar-refractivity contribution in [3.05, 3.63) is 66.5 Å². The molecule has 2 N–H and O–H groups in total. The van der Waals surface area contributed by atoms with Crippen molar-refractivity contribution in [2.75, 3.05) is 11.9 Å². The van der Waals surface area contributed by atoms with Crippen LogP contribution in [-0.4, -0.2) is 16.5 Å². The van der Waals surface area contributed by atoms with E-state index in [1.807, 2.05) is 48.5 Å². The molecule has 132 valence electrons. The maximum Gasteiger partial charge on any atom is 0.162 e. The van der Waals surface area contributed by atoms with E-state index in [1.165, 1.54) is 0 Å². The molecule has 2 atom stereocenters. The van der Waals surface area contributed by atoms with Gasteiger partial charge in [-0.25, -0.2) is 9.97 Å². The van der Waals surface area contributed by atoms with Crippen molar-refractivity contribution in [3.63, 3.8) is 0 Å². The molecular formula is C22H24N4. The normalized spacial score (nSPS) is 19.7. The second kappa shape index (κ2) is 7.16. The molecule has 1 aromatic heterocycles. The van der Waals surface area contributed by atoms with Crippen molar-refractivity contribution >= 4 is 16.7 Å². The molecule has 4 heteroatoms. The topological polar surface area (TPSA) is 49.8 Å². The third-order valence-electron chi connectivity index (χ3n) is 5.09. The Morgan fingerprint density at radius 3 is 2.62 bits per heavy atom. The molecule has 0 saturated heterocycles. The lowest BCUT2D eigenvalue weighted by atomic mass is 9.89. The molecule has 4 rings (SSSR count). The van der Waals surface area contributed by atoms with Crippen molar-refractivity contribution in [1.82, 2.24) is 15.3 Å². The van der Waals surface area contributed by atoms with Gasteiger partial charge in [-0.15, -0.1) is 0 Å². The van der Waals surface area contributed by atoms with Gasteiger partial charge in [0, 0.05) is 17.5 Å². The molecule has 4 nitrogen and oxygen atoms in total. The molecule has 26 heavy (non-hydrogen) atoms. The van der Waals surface area contributed by atoms with Gasteiger partial charge in [0.1, 0.15) is 11.6 Å². The third-order valence-corrected chi connectivity index (χ3v) is 5.09. The standard InChI is InChI=1S/C22H24N4/c1-3-16-13-20(23-14-15(16)2)25-22-18-11-7-8-12-19(18)24-21(26-22)17-9-5-4-6-10-17/h4-13,15-16,23H,3,14H2,1-2H3,(H,24,25,26). The lowest BCUT2D eigenvalue weighted by Gasteiger charge is -2.28. The highest BCUT2D eigenvalue weighted by atomic mass is 15.1. The Morgan fingerprint density at radius 2 is 1.81 bits per heavy atom. The number of anilines is 1. The van der Waals surface area contributed by atoms with Crippen molar-refractivity contribution in [3.8, 4) is 11.4 Å². The van der Waals surface area contributed by atoms with E-state index < -0.39 is 0 Å². The first-order valence-corrected chi connectivity index (χ1v) is 9.29. The zero-order chi connectivity index (χ0) is 17.9. The molecule has 0 radical (unpaired) electrons. The van der Waals surface area contributed by atoms with Gasteiger partial charge in [0.2, 0.25) is 0 Å². The van der Waals surface area contributed by atoms with Gasteiger partial charge in [0.25, 0.3) is 0 Å². The second-order valence-corrected chi connectivity index (χ2v) is 6.91. The van der Waals surface area contributed by atoms with Crippen LogP contribution in [0.5, 0.6) is 0 Å². The van der Waals surface area contributed by atoms with Crippen molar-refractivity contribution in [2.45, 2.75) is 20.3 Å². The monoisotopic (exact) mass is 344 g/mol. The first kappa shape index (κ1) is 16.6. The van der Waals surface area contributed by atoms with Gasteiger partial charge in [-0.1, -0.05) is 56.3 Å². The van der Waals surface area contributed by atoms with E-state index in [4.69, 9.17) is 9.97 Å². The van der Waals surface area contributed by atoms with E-state index in [0.717, 1.165) is 46.9 Å². The summed E-state index contributed by atoms with van der Waals surface area (Å²) in [6.07, 6.45) is 3.45. The SMILES string of the molecule is CCC1C=C(Nc2nc(-c3ccccc3)nc3ccccc23)NCC1C. The smallest absolute Gasteiger partial charge is 0.162 e. The van der Waals surface area contributed by atoms with E-state index >= 15 is 0 Å². The van der Waals surface area contributed by atoms with Crippen LogP contribution in [0.15, 0.2) is 66.5 Å². The third kappa shape index (κ3) is 3.27. The van der Waals surface area contributed by atoms with Gasteiger partial charge in [0.05, 0.1) is 5.52 Å². The summed E-state index contributed by atoms with van der Waals surface area (Å²) in [5.41, 5.74) is 1.97. The van der Waals surface area contributed by atoms with Gasteiger partial charge in [-0.05, 0) is 36.5 Å². The number of para-hydroxylation sites is 1. The molecule has 3 aromatic rings. The van der Waals surface area contributed by atoms with Crippen LogP contribution in [0, 0.1) is 11.8 Å². The van der Waals surface area contributed by atoms with Crippen LogP contribution in [0.2, 0.25) is 0 Å². The quantitative estimate of drug-likeness (QED) is 0.713. The summed E-state index contributed by atoms with van der Waals surface area (Å²) in [6, 6.07) is 18.3. The summed E-state index contributed by atoms with van der Waals surface area (Å²) < 4.78 is 0. The maximum atomic E-state index is 4.83. The Hall–Kier alpha value is -2.88. The predicted octanol–water partition coefficient (Wildman–Crippen LogP) is 4.82. The first-order chi connectivity index (χ1) is 12.7. The minimum atomic E-state index is 0.584. The zero-order valence-electron chi connectivity index (χ0n) is 15.2. The second-order valence-electron chi connectivity index (χ2n) is 6.91. The Kier molecular flexibility index (Phi) is 4.57. The molecule has 1 aliphatic heterocycles. The molecule has 0 fully saturated rings. The number of rotatable bonds is 4. The zero-order valence-corrected chi connectivity index (χ0v) is 15.2. The van der Waals surface area contributed by atoms with E-state index in [0.29, 0.717) is 11.8 Å². The number of fused-ring (bicyclic) bond motifs is 1. The summed E-state index contributed by atoms with van der Waals surface area (Å²) in [7, 11) is 0. The highest BCUT2D eigenvalue weighted by Crippen LogP contribution is 2.27. The van der Waals surface area contributed by atoms with Gasteiger partial charge in [-0.3, -0.25) is 0 Å².